The van der Waals surface area contributed by atoms with Crippen molar-refractivity contribution in [1.29, 1.82) is 5.26 Å². The summed E-state index contributed by atoms with van der Waals surface area (Å²) in [5.74, 6) is 0.482. The molecule has 1 heterocycles. The predicted octanol–water partition coefficient (Wildman–Crippen LogP) is 4.40. The van der Waals surface area contributed by atoms with Crippen molar-refractivity contribution in [3.63, 3.8) is 0 Å². The first kappa shape index (κ1) is 17.2. The van der Waals surface area contributed by atoms with Crippen LogP contribution in [-0.4, -0.2) is 13.1 Å². The molecule has 0 aromatic heterocycles. The van der Waals surface area contributed by atoms with Gasteiger partial charge in [0.1, 0.15) is 17.4 Å². The molecule has 0 saturated heterocycles. The van der Waals surface area contributed by atoms with E-state index in [0.717, 1.165) is 29.9 Å². The van der Waals surface area contributed by atoms with Gasteiger partial charge in [0.25, 0.3) is 0 Å². The fourth-order valence-electron chi connectivity index (χ4n) is 3.26. The highest BCUT2D eigenvalue weighted by molar-refractivity contribution is 6.31. The van der Waals surface area contributed by atoms with Gasteiger partial charge in [-0.25, -0.2) is 0 Å². The van der Waals surface area contributed by atoms with Gasteiger partial charge in [0, 0.05) is 35.4 Å². The number of anilines is 1. The number of benzene rings is 2. The number of nitriles is 1. The minimum Gasteiger partial charge on any atom is -0.440 e. The first-order valence-electron chi connectivity index (χ1n) is 8.31. The van der Waals surface area contributed by atoms with Gasteiger partial charge >= 0.3 is 0 Å². The van der Waals surface area contributed by atoms with Crippen LogP contribution in [-0.2, 0) is 0 Å². The van der Waals surface area contributed by atoms with E-state index < -0.39 is 0 Å². The second kappa shape index (κ2) is 7.08. The van der Waals surface area contributed by atoms with E-state index in [1.165, 1.54) is 0 Å². The zero-order chi connectivity index (χ0) is 18.0. The molecule has 0 bridgehead atoms. The first-order valence-corrected chi connectivity index (χ1v) is 8.69. The first-order chi connectivity index (χ1) is 12.1. The number of nitrogens with two attached hydrogens (primary N) is 1. The second-order valence-electron chi connectivity index (χ2n) is 5.84. The summed E-state index contributed by atoms with van der Waals surface area (Å²) in [6.07, 6.45) is 0. The molecular weight excluding hydrogens is 334 g/mol. The molecule has 25 heavy (non-hydrogen) atoms. The average molecular weight is 354 g/mol. The van der Waals surface area contributed by atoms with Crippen LogP contribution in [0.2, 0.25) is 5.02 Å². The summed E-state index contributed by atoms with van der Waals surface area (Å²) in [5.41, 5.74) is 9.25. The van der Waals surface area contributed by atoms with Gasteiger partial charge in [-0.15, -0.1) is 0 Å². The molecule has 128 valence electrons. The fourth-order valence-corrected chi connectivity index (χ4v) is 3.50. The highest BCUT2D eigenvalue weighted by Gasteiger charge is 2.32. The Morgan fingerprint density at radius 3 is 2.52 bits per heavy atom. The van der Waals surface area contributed by atoms with Crippen molar-refractivity contribution in [2.45, 2.75) is 19.8 Å². The lowest BCUT2D eigenvalue weighted by Gasteiger charge is -2.29. The second-order valence-corrected chi connectivity index (χ2v) is 6.25. The van der Waals surface area contributed by atoms with Crippen LogP contribution in [0, 0.1) is 11.3 Å². The van der Waals surface area contributed by atoms with Crippen LogP contribution in [0.3, 0.4) is 0 Å². The maximum Gasteiger partial charge on any atom is 0.205 e. The Kier molecular flexibility index (Phi) is 4.87. The van der Waals surface area contributed by atoms with Crippen molar-refractivity contribution >= 4 is 17.3 Å². The summed E-state index contributed by atoms with van der Waals surface area (Å²) in [6.45, 7) is 6.02. The normalized spacial score (nSPS) is 16.0. The molecule has 0 spiro atoms. The van der Waals surface area contributed by atoms with E-state index in [0.29, 0.717) is 16.3 Å². The molecule has 2 aromatic rings. The predicted molar refractivity (Wildman–Crippen MR) is 101 cm³/mol. The van der Waals surface area contributed by atoms with E-state index >= 15 is 0 Å². The van der Waals surface area contributed by atoms with Crippen LogP contribution >= 0.6 is 11.6 Å². The molecule has 3 rings (SSSR count). The van der Waals surface area contributed by atoms with Crippen LogP contribution in [0.5, 0.6) is 5.75 Å². The molecule has 5 heteroatoms. The largest absolute Gasteiger partial charge is 0.440 e. The molecule has 0 fully saturated rings. The third kappa shape index (κ3) is 3.04. The molecule has 0 amide bonds. The lowest BCUT2D eigenvalue weighted by Crippen LogP contribution is -2.24. The van der Waals surface area contributed by atoms with Crippen molar-refractivity contribution in [1.82, 2.24) is 0 Å². The maximum atomic E-state index is 9.61. The standard InChI is InChI=1S/C20H20ClN3O/c1-3-24(4-2)13-9-10-15-18(11-13)25-20(23)16(12-22)19(15)14-7-5-6-8-17(14)21/h5-11,19H,3-4,23H2,1-2H3. The van der Waals surface area contributed by atoms with Crippen LogP contribution in [0.4, 0.5) is 5.69 Å². The Morgan fingerprint density at radius 2 is 1.88 bits per heavy atom. The molecule has 1 aliphatic rings. The van der Waals surface area contributed by atoms with Crippen molar-refractivity contribution in [3.8, 4) is 11.8 Å². The fraction of sp³-hybridized carbons (Fsp3) is 0.250. The minimum atomic E-state index is -0.326. The quantitative estimate of drug-likeness (QED) is 0.884. The molecule has 0 radical (unpaired) electrons. The van der Waals surface area contributed by atoms with E-state index in [1.54, 1.807) is 0 Å². The van der Waals surface area contributed by atoms with E-state index in [9.17, 15) is 5.26 Å². The smallest absolute Gasteiger partial charge is 0.205 e. The molecule has 1 unspecified atom stereocenters. The third-order valence-electron chi connectivity index (χ3n) is 4.55. The monoisotopic (exact) mass is 353 g/mol. The van der Waals surface area contributed by atoms with E-state index in [1.807, 2.05) is 36.4 Å². The van der Waals surface area contributed by atoms with Crippen molar-refractivity contribution < 1.29 is 4.74 Å². The van der Waals surface area contributed by atoms with Gasteiger partial charge < -0.3 is 15.4 Å². The highest BCUT2D eigenvalue weighted by Crippen LogP contribution is 2.45. The lowest BCUT2D eigenvalue weighted by atomic mass is 9.83. The van der Waals surface area contributed by atoms with Gasteiger partial charge in [0.2, 0.25) is 5.88 Å². The summed E-state index contributed by atoms with van der Waals surface area (Å²) in [4.78, 5) is 2.23. The minimum absolute atomic E-state index is 0.136. The van der Waals surface area contributed by atoms with Gasteiger partial charge in [0.05, 0.1) is 5.92 Å². The topological polar surface area (TPSA) is 62.3 Å². The zero-order valence-electron chi connectivity index (χ0n) is 14.3. The number of nitrogens with zero attached hydrogens (tertiary/aromatic N) is 2. The number of hydrogen-bond acceptors (Lipinski definition) is 4. The Balaban J connectivity index is 2.17. The SMILES string of the molecule is CCN(CC)c1ccc2c(c1)OC(N)=C(C#N)C2c1ccccc1Cl. The Bertz CT molecular complexity index is 865. The Labute approximate surface area is 153 Å². The van der Waals surface area contributed by atoms with Gasteiger partial charge in [-0.05, 0) is 31.5 Å². The van der Waals surface area contributed by atoms with Gasteiger partial charge in [0.15, 0.2) is 0 Å². The van der Waals surface area contributed by atoms with Gasteiger partial charge in [-0.2, -0.15) is 5.26 Å². The summed E-state index contributed by atoms with van der Waals surface area (Å²) < 4.78 is 5.77. The van der Waals surface area contributed by atoms with Crippen LogP contribution in [0.15, 0.2) is 53.9 Å². The van der Waals surface area contributed by atoms with Gasteiger partial charge in [-0.3, -0.25) is 0 Å². The molecule has 0 saturated carbocycles. The van der Waals surface area contributed by atoms with Crippen molar-refractivity contribution in [2.24, 2.45) is 5.73 Å². The summed E-state index contributed by atoms with van der Waals surface area (Å²) >= 11 is 6.40. The molecular formula is C20H20ClN3O. The lowest BCUT2D eigenvalue weighted by molar-refractivity contribution is 0.393. The van der Waals surface area contributed by atoms with Crippen molar-refractivity contribution in [2.75, 3.05) is 18.0 Å². The maximum absolute atomic E-state index is 9.61. The number of allylic oxidation sites excluding steroid dienone is 1. The molecule has 1 atom stereocenters. The number of hydrogen-bond donors (Lipinski definition) is 1. The third-order valence-corrected chi connectivity index (χ3v) is 4.89. The number of ether oxygens (including phenoxy) is 1. The van der Waals surface area contributed by atoms with E-state index in [4.69, 9.17) is 22.1 Å². The number of rotatable bonds is 4. The Morgan fingerprint density at radius 1 is 1.16 bits per heavy atom. The van der Waals surface area contributed by atoms with Crippen LogP contribution in [0.1, 0.15) is 30.9 Å². The van der Waals surface area contributed by atoms with E-state index in [-0.39, 0.29) is 11.8 Å². The summed E-state index contributed by atoms with van der Waals surface area (Å²) in [7, 11) is 0. The van der Waals surface area contributed by atoms with E-state index in [2.05, 4.69) is 30.9 Å². The zero-order valence-corrected chi connectivity index (χ0v) is 15.0. The molecule has 1 aliphatic heterocycles. The number of fused-ring (bicyclic) bond motifs is 1. The molecule has 0 aliphatic carbocycles. The van der Waals surface area contributed by atoms with Crippen molar-refractivity contribution in [3.05, 3.63) is 70.1 Å². The Hall–Kier alpha value is -2.64. The van der Waals surface area contributed by atoms with Crippen LogP contribution in [0.25, 0.3) is 0 Å². The van der Waals surface area contributed by atoms with Gasteiger partial charge in [-0.1, -0.05) is 35.9 Å². The summed E-state index contributed by atoms with van der Waals surface area (Å²) in [6, 6.07) is 15.7. The molecule has 4 nitrogen and oxygen atoms in total. The summed E-state index contributed by atoms with van der Waals surface area (Å²) in [5, 5.41) is 10.2. The number of halogens is 1. The average Bonchev–Trinajstić information content (AvgIpc) is 2.62. The molecule has 2 aromatic carbocycles. The van der Waals surface area contributed by atoms with Crippen LogP contribution < -0.4 is 15.4 Å². The molecule has 2 N–H and O–H groups in total. The highest BCUT2D eigenvalue weighted by atomic mass is 35.5.